The molecule has 2 aliphatic heterocycles. The number of nitriles is 1. The number of rotatable bonds is 1. The highest BCUT2D eigenvalue weighted by Gasteiger charge is 2.58. The van der Waals surface area contributed by atoms with Crippen molar-refractivity contribution < 1.29 is 9.59 Å². The molecule has 1 spiro atoms. The van der Waals surface area contributed by atoms with Crippen molar-refractivity contribution in [3.63, 3.8) is 0 Å². The fourth-order valence-electron chi connectivity index (χ4n) is 3.42. The number of pyridine rings is 1. The minimum atomic E-state index is -0.965. The van der Waals surface area contributed by atoms with Crippen molar-refractivity contribution >= 4 is 24.3 Å². The Balaban J connectivity index is 2.06. The third kappa shape index (κ3) is 1.93. The van der Waals surface area contributed by atoms with E-state index in [0.29, 0.717) is 31.2 Å². The van der Waals surface area contributed by atoms with E-state index < -0.39 is 11.6 Å². The molecule has 3 rings (SSSR count). The molecule has 3 heterocycles. The van der Waals surface area contributed by atoms with E-state index in [1.165, 1.54) is 24.2 Å². The van der Waals surface area contributed by atoms with Crippen molar-refractivity contribution in [3.05, 3.63) is 28.7 Å². The van der Waals surface area contributed by atoms with E-state index >= 15 is 0 Å². The van der Waals surface area contributed by atoms with Gasteiger partial charge in [0.1, 0.15) is 5.54 Å². The predicted molar refractivity (Wildman–Crippen MR) is 80.7 cm³/mol. The number of H-pyrrole nitrogens is 1. The fourth-order valence-corrected chi connectivity index (χ4v) is 3.42. The third-order valence-electron chi connectivity index (χ3n) is 4.62. The fraction of sp³-hybridized carbons (Fsp3) is 0.429. The van der Waals surface area contributed by atoms with Crippen LogP contribution in [0.3, 0.4) is 0 Å². The van der Waals surface area contributed by atoms with Crippen LogP contribution in [0.25, 0.3) is 0 Å². The van der Waals surface area contributed by atoms with Gasteiger partial charge in [-0.25, -0.2) is 10.1 Å². The maximum absolute atomic E-state index is 12.7. The molecule has 3 amide bonds. The van der Waals surface area contributed by atoms with Crippen LogP contribution in [-0.2, 0) is 4.79 Å². The number of nitrogens with one attached hydrogen (secondary N) is 1. The lowest BCUT2D eigenvalue weighted by atomic mass is 9.40. The molecule has 22 heavy (non-hydrogen) atoms. The van der Waals surface area contributed by atoms with Crippen molar-refractivity contribution in [1.82, 2.24) is 9.88 Å². The molecule has 0 aliphatic carbocycles. The second-order valence-electron chi connectivity index (χ2n) is 5.83. The Kier molecular flexibility index (Phi) is 3.28. The van der Waals surface area contributed by atoms with Crippen molar-refractivity contribution in [2.75, 3.05) is 11.9 Å². The number of likely N-dealkylation sites (N-methyl/N-ethyl adjacent to an activating group) is 1. The number of aromatic nitrogens is 1. The zero-order valence-electron chi connectivity index (χ0n) is 12.2. The maximum Gasteiger partial charge on any atom is 0.331 e. The number of hydrogen-bond acceptors (Lipinski definition) is 4. The van der Waals surface area contributed by atoms with Crippen LogP contribution in [-0.4, -0.2) is 41.1 Å². The van der Waals surface area contributed by atoms with Crippen LogP contribution >= 0.6 is 0 Å². The molecular formula is C14H15BN4O3. The van der Waals surface area contributed by atoms with Gasteiger partial charge in [0.15, 0.2) is 0 Å². The van der Waals surface area contributed by atoms with E-state index in [1.807, 2.05) is 0 Å². The van der Waals surface area contributed by atoms with Gasteiger partial charge in [0.25, 0.3) is 12.6 Å². The standard InChI is InChI=1S/C14H15BN4O3/c1-18-12(21)14(3-5-15(9-16)6-4-14)19(13(18)22)10-2-7-17-11(20)8-10/h2,7-8H,3-6H2,1H3,(H,17,20). The first kappa shape index (κ1) is 14.4. The van der Waals surface area contributed by atoms with Gasteiger partial charge in [-0.15, -0.1) is 0 Å². The molecule has 1 N–H and O–H groups in total. The Hall–Kier alpha value is -2.56. The van der Waals surface area contributed by atoms with Crippen LogP contribution in [0.15, 0.2) is 23.1 Å². The van der Waals surface area contributed by atoms with Gasteiger partial charge in [0.2, 0.25) is 5.56 Å². The number of amides is 3. The monoisotopic (exact) mass is 298 g/mol. The molecule has 112 valence electrons. The van der Waals surface area contributed by atoms with Crippen LogP contribution in [0, 0.1) is 11.2 Å². The van der Waals surface area contributed by atoms with Crippen LogP contribution in [0.5, 0.6) is 0 Å². The molecule has 0 bridgehead atoms. The lowest BCUT2D eigenvalue weighted by Gasteiger charge is -2.38. The zero-order valence-corrected chi connectivity index (χ0v) is 12.2. The molecule has 2 aliphatic rings. The summed E-state index contributed by atoms with van der Waals surface area (Å²) in [6, 6.07) is 2.51. The number of aromatic amines is 1. The lowest BCUT2D eigenvalue weighted by molar-refractivity contribution is -0.130. The summed E-state index contributed by atoms with van der Waals surface area (Å²) in [5.74, 6) is 1.97. The van der Waals surface area contributed by atoms with Gasteiger partial charge < -0.3 is 4.98 Å². The molecule has 2 saturated heterocycles. The largest absolute Gasteiger partial charge is 0.331 e. The second kappa shape index (κ2) is 5.02. The SMILES string of the molecule is CN1C(=O)N(c2cc[nH]c(=O)c2)C2(CCB(C#N)CC2)C1=O. The molecule has 0 aromatic carbocycles. The average Bonchev–Trinajstić information content (AvgIpc) is 2.70. The van der Waals surface area contributed by atoms with Crippen LogP contribution in [0.1, 0.15) is 12.8 Å². The molecule has 1 aromatic rings. The molecule has 0 atom stereocenters. The number of carbonyl (C=O) groups excluding carboxylic acids is 2. The Morgan fingerprint density at radius 3 is 2.59 bits per heavy atom. The maximum atomic E-state index is 12.7. The van der Waals surface area contributed by atoms with Gasteiger partial charge in [-0.2, -0.15) is 0 Å². The zero-order chi connectivity index (χ0) is 15.9. The number of hydrogen-bond donors (Lipinski definition) is 1. The number of urea groups is 1. The first-order valence-electron chi connectivity index (χ1n) is 7.20. The summed E-state index contributed by atoms with van der Waals surface area (Å²) in [5, 5.41) is 9.04. The predicted octanol–water partition coefficient (Wildman–Crippen LogP) is 0.863. The van der Waals surface area contributed by atoms with E-state index in [4.69, 9.17) is 5.26 Å². The Morgan fingerprint density at radius 1 is 1.32 bits per heavy atom. The minimum Gasteiger partial charge on any atom is -0.329 e. The number of anilines is 1. The molecule has 0 radical (unpaired) electrons. The Bertz CT molecular complexity index is 730. The summed E-state index contributed by atoms with van der Waals surface area (Å²) in [4.78, 5) is 41.7. The van der Waals surface area contributed by atoms with Crippen LogP contribution < -0.4 is 10.5 Å². The van der Waals surface area contributed by atoms with E-state index in [0.717, 1.165) is 4.90 Å². The summed E-state index contributed by atoms with van der Waals surface area (Å²) in [6.45, 7) is -0.0829. The van der Waals surface area contributed by atoms with E-state index in [2.05, 4.69) is 11.0 Å². The van der Waals surface area contributed by atoms with Crippen molar-refractivity contribution in [3.8, 4) is 5.97 Å². The van der Waals surface area contributed by atoms with E-state index in [9.17, 15) is 14.4 Å². The summed E-state index contributed by atoms with van der Waals surface area (Å²) in [7, 11) is 1.45. The normalized spacial score (nSPS) is 20.6. The first-order valence-corrected chi connectivity index (χ1v) is 7.20. The van der Waals surface area contributed by atoms with Crippen molar-refractivity contribution in [2.24, 2.45) is 0 Å². The van der Waals surface area contributed by atoms with E-state index in [-0.39, 0.29) is 18.2 Å². The summed E-state index contributed by atoms with van der Waals surface area (Å²) < 4.78 is 0. The molecule has 8 heteroatoms. The van der Waals surface area contributed by atoms with Crippen LogP contribution in [0.2, 0.25) is 12.6 Å². The Labute approximate surface area is 127 Å². The highest BCUT2D eigenvalue weighted by atomic mass is 16.2. The van der Waals surface area contributed by atoms with Gasteiger partial charge in [-0.3, -0.25) is 19.4 Å². The smallest absolute Gasteiger partial charge is 0.329 e. The average molecular weight is 298 g/mol. The topological polar surface area (TPSA) is 97.3 Å². The summed E-state index contributed by atoms with van der Waals surface area (Å²) in [5.41, 5.74) is -0.873. The first-order chi connectivity index (χ1) is 10.5. The molecule has 1 aromatic heterocycles. The highest BCUT2D eigenvalue weighted by Crippen LogP contribution is 2.42. The quantitative estimate of drug-likeness (QED) is 0.614. The number of imide groups is 1. The molecule has 7 nitrogen and oxygen atoms in total. The Morgan fingerprint density at radius 2 is 2.00 bits per heavy atom. The van der Waals surface area contributed by atoms with Gasteiger partial charge in [0.05, 0.1) is 5.69 Å². The summed E-state index contributed by atoms with van der Waals surface area (Å²) >= 11 is 0. The van der Waals surface area contributed by atoms with Crippen molar-refractivity contribution in [2.45, 2.75) is 31.0 Å². The van der Waals surface area contributed by atoms with E-state index in [1.54, 1.807) is 6.07 Å². The van der Waals surface area contributed by atoms with Gasteiger partial charge in [0, 0.05) is 25.3 Å². The second-order valence-corrected chi connectivity index (χ2v) is 5.83. The third-order valence-corrected chi connectivity index (χ3v) is 4.62. The van der Waals surface area contributed by atoms with Gasteiger partial charge >= 0.3 is 6.03 Å². The molecule has 2 fully saturated rings. The summed E-state index contributed by atoms with van der Waals surface area (Å²) in [6.07, 6.45) is 3.48. The van der Waals surface area contributed by atoms with Gasteiger partial charge in [-0.1, -0.05) is 12.6 Å². The number of carbonyl (C=O) groups is 2. The molecule has 0 saturated carbocycles. The van der Waals surface area contributed by atoms with Gasteiger partial charge in [-0.05, 0) is 18.9 Å². The molecule has 0 unspecified atom stereocenters. The van der Waals surface area contributed by atoms with Crippen molar-refractivity contribution in [1.29, 1.82) is 5.26 Å². The minimum absolute atomic E-state index is 0.0829. The van der Waals surface area contributed by atoms with Crippen LogP contribution in [0.4, 0.5) is 10.5 Å². The molecular weight excluding hydrogens is 283 g/mol. The highest BCUT2D eigenvalue weighted by molar-refractivity contribution is 6.67. The lowest BCUT2D eigenvalue weighted by Crippen LogP contribution is -2.53. The number of nitrogens with zero attached hydrogens (tertiary/aromatic N) is 3.